The number of benzene rings is 1. The van der Waals surface area contributed by atoms with Gasteiger partial charge in [0.1, 0.15) is 0 Å². The highest BCUT2D eigenvalue weighted by Gasteiger charge is 2.25. The van der Waals surface area contributed by atoms with Crippen LogP contribution in [0.25, 0.3) is 0 Å². The highest BCUT2D eigenvalue weighted by Crippen LogP contribution is 2.36. The quantitative estimate of drug-likeness (QED) is 0.351. The van der Waals surface area contributed by atoms with Crippen molar-refractivity contribution in [3.05, 3.63) is 41.2 Å². The predicted octanol–water partition coefficient (Wildman–Crippen LogP) is 3.88. The standard InChI is InChI=1S/C22H33N5O2.HI/c1-15(2)20-16(12-27(7)25-20)11-26(6)21(23-5)24-13-22(3,4)17-8-9-18-19(10-17)29-14-28-18;/h8-10,12,15H,11,13-14H2,1-7H3,(H,23,24);1H. The van der Waals surface area contributed by atoms with Crippen molar-refractivity contribution in [2.24, 2.45) is 12.0 Å². The third-order valence-corrected chi connectivity index (χ3v) is 5.31. The molecule has 8 heteroatoms. The van der Waals surface area contributed by atoms with E-state index in [-0.39, 0.29) is 29.4 Å². The van der Waals surface area contributed by atoms with E-state index < -0.39 is 0 Å². The van der Waals surface area contributed by atoms with Crippen LogP contribution in [0.2, 0.25) is 0 Å². The van der Waals surface area contributed by atoms with E-state index in [2.05, 4.69) is 73.4 Å². The maximum absolute atomic E-state index is 5.54. The van der Waals surface area contributed by atoms with Gasteiger partial charge in [0.05, 0.1) is 5.69 Å². The Morgan fingerprint density at radius 2 is 2.00 bits per heavy atom. The van der Waals surface area contributed by atoms with Crippen molar-refractivity contribution in [2.45, 2.75) is 45.6 Å². The lowest BCUT2D eigenvalue weighted by molar-refractivity contribution is 0.174. The first-order valence-corrected chi connectivity index (χ1v) is 10.1. The lowest BCUT2D eigenvalue weighted by Crippen LogP contribution is -2.44. The van der Waals surface area contributed by atoms with Crippen LogP contribution < -0.4 is 14.8 Å². The molecule has 1 N–H and O–H groups in total. The second-order valence-electron chi connectivity index (χ2n) is 8.58. The van der Waals surface area contributed by atoms with Crippen LogP contribution in [0.4, 0.5) is 0 Å². The van der Waals surface area contributed by atoms with Gasteiger partial charge in [-0.05, 0) is 23.6 Å². The average Bonchev–Trinajstić information content (AvgIpc) is 3.27. The van der Waals surface area contributed by atoms with Gasteiger partial charge in [0.25, 0.3) is 0 Å². The minimum atomic E-state index is -0.102. The van der Waals surface area contributed by atoms with E-state index in [1.54, 1.807) is 0 Å². The van der Waals surface area contributed by atoms with E-state index in [1.165, 1.54) is 11.1 Å². The molecule has 1 aliphatic heterocycles. The number of rotatable bonds is 6. The average molecular weight is 527 g/mol. The van der Waals surface area contributed by atoms with Crippen molar-refractivity contribution in [1.82, 2.24) is 20.0 Å². The number of aromatic nitrogens is 2. The zero-order chi connectivity index (χ0) is 21.2. The monoisotopic (exact) mass is 527 g/mol. The van der Waals surface area contributed by atoms with E-state index in [1.807, 2.05) is 24.8 Å². The van der Waals surface area contributed by atoms with E-state index >= 15 is 0 Å². The van der Waals surface area contributed by atoms with Crippen molar-refractivity contribution in [2.75, 3.05) is 27.4 Å². The molecule has 3 rings (SSSR count). The van der Waals surface area contributed by atoms with Gasteiger partial charge in [0, 0.05) is 51.4 Å². The van der Waals surface area contributed by atoms with Crippen molar-refractivity contribution in [3.8, 4) is 11.5 Å². The molecule has 0 bridgehead atoms. The number of fused-ring (bicyclic) bond motifs is 1. The number of hydrogen-bond acceptors (Lipinski definition) is 4. The van der Waals surface area contributed by atoms with Crippen LogP contribution in [0.3, 0.4) is 0 Å². The Morgan fingerprint density at radius 1 is 1.30 bits per heavy atom. The molecule has 1 aromatic heterocycles. The number of nitrogens with one attached hydrogen (secondary N) is 1. The van der Waals surface area contributed by atoms with Gasteiger partial charge in [-0.1, -0.05) is 33.8 Å². The highest BCUT2D eigenvalue weighted by molar-refractivity contribution is 14.0. The predicted molar refractivity (Wildman–Crippen MR) is 131 cm³/mol. The summed E-state index contributed by atoms with van der Waals surface area (Å²) in [4.78, 5) is 6.62. The van der Waals surface area contributed by atoms with Gasteiger partial charge in [-0.2, -0.15) is 5.10 Å². The number of halogens is 1. The molecule has 0 radical (unpaired) electrons. The SMILES string of the molecule is CN=C(NCC(C)(C)c1ccc2c(c1)OCO2)N(C)Cc1cn(C)nc1C(C)C.I. The Morgan fingerprint density at radius 3 is 2.67 bits per heavy atom. The van der Waals surface area contributed by atoms with Crippen molar-refractivity contribution in [1.29, 1.82) is 0 Å². The summed E-state index contributed by atoms with van der Waals surface area (Å²) >= 11 is 0. The molecule has 1 aliphatic rings. The normalized spacial score (nSPS) is 13.4. The molecule has 0 unspecified atom stereocenters. The second kappa shape index (κ2) is 9.89. The van der Waals surface area contributed by atoms with Crippen molar-refractivity contribution >= 4 is 29.9 Å². The van der Waals surface area contributed by atoms with Crippen molar-refractivity contribution < 1.29 is 9.47 Å². The van der Waals surface area contributed by atoms with Crippen LogP contribution >= 0.6 is 24.0 Å². The van der Waals surface area contributed by atoms with Crippen LogP contribution in [0.1, 0.15) is 50.4 Å². The Kier molecular flexibility index (Phi) is 8.01. The van der Waals surface area contributed by atoms with E-state index in [4.69, 9.17) is 9.47 Å². The topological polar surface area (TPSA) is 63.9 Å². The molecule has 1 aromatic carbocycles. The largest absolute Gasteiger partial charge is 0.454 e. The van der Waals surface area contributed by atoms with E-state index in [0.29, 0.717) is 12.7 Å². The van der Waals surface area contributed by atoms with Gasteiger partial charge in [-0.15, -0.1) is 24.0 Å². The molecule has 0 amide bonds. The maximum Gasteiger partial charge on any atom is 0.231 e. The molecule has 0 fully saturated rings. The van der Waals surface area contributed by atoms with Gasteiger partial charge in [0.2, 0.25) is 6.79 Å². The summed E-state index contributed by atoms with van der Waals surface area (Å²) in [7, 11) is 5.84. The molecule has 0 spiro atoms. The first-order chi connectivity index (χ1) is 13.7. The zero-order valence-electron chi connectivity index (χ0n) is 19.0. The fourth-order valence-electron chi connectivity index (χ4n) is 3.60. The first-order valence-electron chi connectivity index (χ1n) is 10.1. The van der Waals surface area contributed by atoms with Crippen LogP contribution in [-0.4, -0.2) is 48.1 Å². The number of nitrogens with zero attached hydrogens (tertiary/aromatic N) is 4. The second-order valence-corrected chi connectivity index (χ2v) is 8.58. The van der Waals surface area contributed by atoms with Crippen molar-refractivity contribution in [3.63, 3.8) is 0 Å². The molecule has 0 saturated heterocycles. The van der Waals surface area contributed by atoms with E-state index in [0.717, 1.165) is 36.2 Å². The summed E-state index contributed by atoms with van der Waals surface area (Å²) in [5.41, 5.74) is 3.45. The van der Waals surface area contributed by atoms with Gasteiger partial charge in [0.15, 0.2) is 17.5 Å². The summed E-state index contributed by atoms with van der Waals surface area (Å²) in [5, 5.41) is 8.14. The number of aliphatic imine (C=N–C) groups is 1. The molecule has 166 valence electrons. The third-order valence-electron chi connectivity index (χ3n) is 5.31. The number of aryl methyl sites for hydroxylation is 1. The van der Waals surface area contributed by atoms with Gasteiger partial charge >= 0.3 is 0 Å². The molecule has 0 atom stereocenters. The van der Waals surface area contributed by atoms with Crippen LogP contribution in [0.15, 0.2) is 29.4 Å². The van der Waals surface area contributed by atoms with Gasteiger partial charge in [-0.3, -0.25) is 9.67 Å². The minimum Gasteiger partial charge on any atom is -0.454 e. The molecule has 7 nitrogen and oxygen atoms in total. The van der Waals surface area contributed by atoms with Gasteiger partial charge in [-0.25, -0.2) is 0 Å². The molecule has 2 heterocycles. The Bertz CT molecular complexity index is 892. The summed E-state index contributed by atoms with van der Waals surface area (Å²) in [5.74, 6) is 2.87. The Hall–Kier alpha value is -1.97. The Labute approximate surface area is 196 Å². The lowest BCUT2D eigenvalue weighted by atomic mass is 9.84. The summed E-state index contributed by atoms with van der Waals surface area (Å²) in [6.07, 6.45) is 2.09. The minimum absolute atomic E-state index is 0. The number of ether oxygens (including phenoxy) is 2. The molecular weight excluding hydrogens is 493 g/mol. The molecular formula is C22H34IN5O2. The number of guanidine groups is 1. The van der Waals surface area contributed by atoms with Gasteiger partial charge < -0.3 is 19.7 Å². The third kappa shape index (κ3) is 5.39. The maximum atomic E-state index is 5.54. The highest BCUT2D eigenvalue weighted by atomic mass is 127. The fraction of sp³-hybridized carbons (Fsp3) is 0.545. The molecule has 30 heavy (non-hydrogen) atoms. The lowest BCUT2D eigenvalue weighted by Gasteiger charge is -2.29. The van der Waals surface area contributed by atoms with Crippen LogP contribution in [0.5, 0.6) is 11.5 Å². The zero-order valence-corrected chi connectivity index (χ0v) is 21.4. The van der Waals surface area contributed by atoms with E-state index in [9.17, 15) is 0 Å². The molecule has 0 saturated carbocycles. The Balaban J connectivity index is 0.00000320. The number of hydrogen-bond donors (Lipinski definition) is 1. The summed E-state index contributed by atoms with van der Waals surface area (Å²) in [6.45, 7) is 10.6. The summed E-state index contributed by atoms with van der Waals surface area (Å²) < 4.78 is 12.8. The summed E-state index contributed by atoms with van der Waals surface area (Å²) in [6, 6.07) is 6.16. The molecule has 2 aromatic rings. The smallest absolute Gasteiger partial charge is 0.231 e. The first kappa shape index (κ1) is 24.3. The van der Waals surface area contributed by atoms with Crippen LogP contribution in [-0.2, 0) is 19.0 Å². The van der Waals surface area contributed by atoms with Crippen LogP contribution in [0, 0.1) is 0 Å². The molecule has 0 aliphatic carbocycles. The fourth-order valence-corrected chi connectivity index (χ4v) is 3.60.